The molecule has 2 N–H and O–H groups in total. The Hall–Kier alpha value is -2.59. The first-order valence-electron chi connectivity index (χ1n) is 8.20. The summed E-state index contributed by atoms with van der Waals surface area (Å²) >= 11 is 0. The van der Waals surface area contributed by atoms with Gasteiger partial charge in [-0.1, -0.05) is 0 Å². The normalized spacial score (nSPS) is 13.0. The van der Waals surface area contributed by atoms with E-state index in [9.17, 15) is 0 Å². The van der Waals surface area contributed by atoms with Crippen molar-refractivity contribution in [1.29, 1.82) is 0 Å². The summed E-state index contributed by atoms with van der Waals surface area (Å²) in [5.41, 5.74) is 9.53. The van der Waals surface area contributed by atoms with Crippen LogP contribution in [0.5, 0.6) is 5.75 Å². The van der Waals surface area contributed by atoms with Gasteiger partial charge < -0.3 is 15.0 Å². The highest BCUT2D eigenvalue weighted by Crippen LogP contribution is 2.36. The van der Waals surface area contributed by atoms with Gasteiger partial charge in [-0.05, 0) is 55.1 Å². The van der Waals surface area contributed by atoms with Crippen molar-refractivity contribution in [3.05, 3.63) is 48.3 Å². The van der Waals surface area contributed by atoms with Crippen LogP contribution in [0.2, 0.25) is 0 Å². The smallest absolute Gasteiger partial charge is 0.120 e. The predicted molar refractivity (Wildman–Crippen MR) is 99.6 cm³/mol. The molecule has 0 aliphatic carbocycles. The van der Waals surface area contributed by atoms with E-state index >= 15 is 0 Å². The summed E-state index contributed by atoms with van der Waals surface area (Å²) in [5.74, 6) is 0.858. The van der Waals surface area contributed by atoms with Gasteiger partial charge >= 0.3 is 0 Å². The molecule has 2 heterocycles. The van der Waals surface area contributed by atoms with E-state index in [-0.39, 0.29) is 6.04 Å². The summed E-state index contributed by atoms with van der Waals surface area (Å²) in [6.45, 7) is 4.64. The number of rotatable bonds is 3. The molecule has 2 aromatic carbocycles. The van der Waals surface area contributed by atoms with Gasteiger partial charge in [-0.25, -0.2) is 0 Å². The third kappa shape index (κ3) is 2.22. The predicted octanol–water partition coefficient (Wildman–Crippen LogP) is 3.91. The van der Waals surface area contributed by atoms with Crippen LogP contribution in [-0.4, -0.2) is 22.2 Å². The van der Waals surface area contributed by atoms with Crippen molar-refractivity contribution in [3.8, 4) is 5.75 Å². The number of aryl methyl sites for hydroxylation is 2. The molecule has 0 saturated heterocycles. The minimum Gasteiger partial charge on any atom is -0.492 e. The molecule has 4 rings (SSSR count). The molecule has 4 nitrogen and oxygen atoms in total. The Morgan fingerprint density at radius 2 is 2.00 bits per heavy atom. The molecule has 24 heavy (non-hydrogen) atoms. The molecule has 0 saturated carbocycles. The van der Waals surface area contributed by atoms with Crippen LogP contribution >= 0.6 is 0 Å². The Balaban J connectivity index is 2.01. The van der Waals surface area contributed by atoms with Gasteiger partial charge in [0, 0.05) is 47.2 Å². The second-order valence-corrected chi connectivity index (χ2v) is 6.52. The summed E-state index contributed by atoms with van der Waals surface area (Å²) < 4.78 is 8.06. The van der Waals surface area contributed by atoms with Crippen molar-refractivity contribution < 1.29 is 4.74 Å². The quantitative estimate of drug-likeness (QED) is 0.623. The lowest BCUT2D eigenvalue weighted by Crippen LogP contribution is -2.23. The van der Waals surface area contributed by atoms with E-state index < -0.39 is 0 Å². The molecule has 4 aromatic rings. The number of hydrogen-bond donors (Lipinski definition) is 1. The third-order valence-electron chi connectivity index (χ3n) is 4.63. The molecule has 0 amide bonds. The molecular weight excluding hydrogens is 298 g/mol. The van der Waals surface area contributed by atoms with Gasteiger partial charge in [0.1, 0.15) is 12.4 Å². The topological polar surface area (TPSA) is 53.1 Å². The third-order valence-corrected chi connectivity index (χ3v) is 4.63. The minimum atomic E-state index is 0.0190. The molecule has 1 atom stereocenters. The van der Waals surface area contributed by atoms with Crippen molar-refractivity contribution >= 4 is 32.6 Å². The fraction of sp³-hybridized carbons (Fsp3) is 0.250. The summed E-state index contributed by atoms with van der Waals surface area (Å²) in [6.07, 6.45) is 3.78. The number of fused-ring (bicyclic) bond motifs is 4. The van der Waals surface area contributed by atoms with E-state index in [0.717, 1.165) is 11.1 Å². The fourth-order valence-corrected chi connectivity index (χ4v) is 3.52. The highest BCUT2D eigenvalue weighted by molar-refractivity contribution is 6.14. The first-order valence-corrected chi connectivity index (χ1v) is 8.20. The van der Waals surface area contributed by atoms with Gasteiger partial charge in [0.15, 0.2) is 0 Å². The number of nitrogens with two attached hydrogens (primary N) is 1. The number of nitrogens with zero attached hydrogens (tertiary/aromatic N) is 2. The average molecular weight is 319 g/mol. The van der Waals surface area contributed by atoms with Gasteiger partial charge in [0.25, 0.3) is 0 Å². The van der Waals surface area contributed by atoms with Crippen LogP contribution < -0.4 is 10.5 Å². The summed E-state index contributed by atoms with van der Waals surface area (Å²) in [7, 11) is 2.12. The van der Waals surface area contributed by atoms with E-state index in [1.165, 1.54) is 32.8 Å². The van der Waals surface area contributed by atoms with Crippen LogP contribution in [0.4, 0.5) is 0 Å². The SMILES string of the molecule is Cc1c2ccncc2cc2c3cc(OC[C@H](C)N)ccc3n(C)c12. The van der Waals surface area contributed by atoms with Gasteiger partial charge in [-0.15, -0.1) is 0 Å². The van der Waals surface area contributed by atoms with Crippen LogP contribution in [0, 0.1) is 6.92 Å². The molecule has 122 valence electrons. The number of benzene rings is 2. The monoisotopic (exact) mass is 319 g/mol. The van der Waals surface area contributed by atoms with E-state index in [1.807, 2.05) is 25.4 Å². The van der Waals surface area contributed by atoms with E-state index in [4.69, 9.17) is 10.5 Å². The summed E-state index contributed by atoms with van der Waals surface area (Å²) in [5, 5.41) is 4.84. The maximum Gasteiger partial charge on any atom is 0.120 e. The van der Waals surface area contributed by atoms with Crippen LogP contribution in [0.1, 0.15) is 12.5 Å². The van der Waals surface area contributed by atoms with E-state index in [0.29, 0.717) is 6.61 Å². The first-order chi connectivity index (χ1) is 11.6. The van der Waals surface area contributed by atoms with Crippen molar-refractivity contribution in [3.63, 3.8) is 0 Å². The maximum atomic E-state index is 5.80. The lowest BCUT2D eigenvalue weighted by molar-refractivity contribution is 0.296. The van der Waals surface area contributed by atoms with Crippen molar-refractivity contribution in [1.82, 2.24) is 9.55 Å². The van der Waals surface area contributed by atoms with Gasteiger partial charge in [-0.3, -0.25) is 4.98 Å². The molecule has 0 bridgehead atoms. The van der Waals surface area contributed by atoms with E-state index in [2.05, 4.69) is 47.8 Å². The standard InChI is InChI=1S/C20H21N3O/c1-12(21)11-24-15-4-5-19-17(9-15)18-8-14-10-22-7-6-16(14)13(2)20(18)23(19)3/h4-10,12H,11,21H2,1-3H3/t12-/m0/s1. The molecule has 0 fully saturated rings. The highest BCUT2D eigenvalue weighted by atomic mass is 16.5. The number of pyridine rings is 1. The van der Waals surface area contributed by atoms with Gasteiger partial charge in [0.2, 0.25) is 0 Å². The number of hydrogen-bond acceptors (Lipinski definition) is 3. The number of ether oxygens (including phenoxy) is 1. The molecule has 2 aromatic heterocycles. The highest BCUT2D eigenvalue weighted by Gasteiger charge is 2.14. The molecule has 0 aliphatic rings. The molecule has 0 spiro atoms. The zero-order valence-corrected chi connectivity index (χ0v) is 14.2. The molecule has 0 radical (unpaired) electrons. The number of aromatic nitrogens is 2. The molecule has 0 unspecified atom stereocenters. The second-order valence-electron chi connectivity index (χ2n) is 6.52. The van der Waals surface area contributed by atoms with Gasteiger partial charge in [0.05, 0.1) is 5.52 Å². The van der Waals surface area contributed by atoms with Gasteiger partial charge in [-0.2, -0.15) is 0 Å². The molecular formula is C20H21N3O. The Bertz CT molecular complexity index is 1060. The molecule has 0 aliphatic heterocycles. The maximum absolute atomic E-state index is 5.80. The average Bonchev–Trinajstić information content (AvgIpc) is 2.86. The van der Waals surface area contributed by atoms with Crippen LogP contribution in [0.15, 0.2) is 42.7 Å². The van der Waals surface area contributed by atoms with Crippen molar-refractivity contribution in [2.24, 2.45) is 12.8 Å². The van der Waals surface area contributed by atoms with Crippen LogP contribution in [-0.2, 0) is 7.05 Å². The summed E-state index contributed by atoms with van der Waals surface area (Å²) in [4.78, 5) is 4.27. The Kier molecular flexibility index (Phi) is 3.43. The largest absolute Gasteiger partial charge is 0.492 e. The van der Waals surface area contributed by atoms with Crippen LogP contribution in [0.25, 0.3) is 32.6 Å². The lowest BCUT2D eigenvalue weighted by Gasteiger charge is -2.08. The summed E-state index contributed by atoms with van der Waals surface area (Å²) in [6, 6.07) is 10.6. The Morgan fingerprint density at radius 3 is 2.79 bits per heavy atom. The first kappa shape index (κ1) is 15.0. The van der Waals surface area contributed by atoms with Crippen molar-refractivity contribution in [2.75, 3.05) is 6.61 Å². The van der Waals surface area contributed by atoms with Crippen LogP contribution in [0.3, 0.4) is 0 Å². The molecule has 4 heteroatoms. The Morgan fingerprint density at radius 1 is 1.17 bits per heavy atom. The Labute approximate surface area is 140 Å². The second kappa shape index (κ2) is 5.49. The fourth-order valence-electron chi connectivity index (χ4n) is 3.52. The van der Waals surface area contributed by atoms with Crippen molar-refractivity contribution in [2.45, 2.75) is 19.9 Å². The zero-order valence-electron chi connectivity index (χ0n) is 14.2. The lowest BCUT2D eigenvalue weighted by atomic mass is 10.0. The minimum absolute atomic E-state index is 0.0190. The zero-order chi connectivity index (χ0) is 16.8. The van der Waals surface area contributed by atoms with E-state index in [1.54, 1.807) is 0 Å².